The second-order valence-corrected chi connectivity index (χ2v) is 17.7. The third-order valence-corrected chi connectivity index (χ3v) is 11.7. The Hall–Kier alpha value is -1.44. The number of carbonyl (C=O) groups excluding carboxylic acids is 1. The van der Waals surface area contributed by atoms with Crippen molar-refractivity contribution in [1.82, 2.24) is 0 Å². The number of phosphoric acid groups is 1. The van der Waals surface area contributed by atoms with E-state index in [9.17, 15) is 39.8 Å². The Morgan fingerprint density at radius 1 is 0.542 bits per heavy atom. The van der Waals surface area contributed by atoms with E-state index in [-0.39, 0.29) is 13.0 Å². The van der Waals surface area contributed by atoms with Gasteiger partial charge in [-0.25, -0.2) is 4.57 Å². The molecule has 12 nitrogen and oxygen atoms in total. The highest BCUT2D eigenvalue weighted by atomic mass is 31.2. The van der Waals surface area contributed by atoms with Crippen molar-refractivity contribution < 1.29 is 58.3 Å². The molecule has 1 aliphatic carbocycles. The number of phosphoric ester groups is 1. The van der Waals surface area contributed by atoms with Gasteiger partial charge < -0.3 is 39.9 Å². The third-order valence-electron chi connectivity index (χ3n) is 10.7. The smallest absolute Gasteiger partial charge is 0.457 e. The van der Waals surface area contributed by atoms with Gasteiger partial charge in [-0.05, 0) is 64.2 Å². The normalized spacial score (nSPS) is 22.8. The van der Waals surface area contributed by atoms with Gasteiger partial charge in [0.15, 0.2) is 0 Å². The van der Waals surface area contributed by atoms with Crippen LogP contribution in [0, 0.1) is 0 Å². The van der Waals surface area contributed by atoms with E-state index in [1.165, 1.54) is 89.9 Å². The molecule has 0 aromatic heterocycles. The number of esters is 1. The summed E-state index contributed by atoms with van der Waals surface area (Å²) in [5.74, 6) is -0.493. The van der Waals surface area contributed by atoms with Gasteiger partial charge in [-0.15, -0.1) is 0 Å². The maximum atomic E-state index is 12.8. The lowest BCUT2D eigenvalue weighted by Crippen LogP contribution is -2.64. The molecule has 0 bridgehead atoms. The molecule has 6 unspecified atom stereocenters. The first-order valence-corrected chi connectivity index (χ1v) is 24.8. The highest BCUT2D eigenvalue weighted by molar-refractivity contribution is 7.47. The van der Waals surface area contributed by atoms with Crippen molar-refractivity contribution in [3.8, 4) is 0 Å². The van der Waals surface area contributed by atoms with Crippen molar-refractivity contribution in [3.05, 3.63) is 36.5 Å². The summed E-state index contributed by atoms with van der Waals surface area (Å²) in [6.07, 6.45) is 30.7. The van der Waals surface area contributed by atoms with Crippen LogP contribution in [0.25, 0.3) is 0 Å². The number of ether oxygens (including phenoxy) is 2. The van der Waals surface area contributed by atoms with E-state index < -0.39 is 63.1 Å². The van der Waals surface area contributed by atoms with Crippen molar-refractivity contribution in [2.45, 2.75) is 230 Å². The number of hydrogen-bond acceptors (Lipinski definition) is 11. The molecule has 0 aliphatic heterocycles. The number of hydrogen-bond donors (Lipinski definition) is 6. The summed E-state index contributed by atoms with van der Waals surface area (Å²) in [5.41, 5.74) is 0. The molecule has 0 spiro atoms. The number of aliphatic hydroxyl groups excluding tert-OH is 5. The van der Waals surface area contributed by atoms with Gasteiger partial charge in [0, 0.05) is 13.0 Å². The molecule has 0 saturated heterocycles. The van der Waals surface area contributed by atoms with Crippen LogP contribution in [0.15, 0.2) is 36.5 Å². The van der Waals surface area contributed by atoms with Crippen LogP contribution in [0.4, 0.5) is 0 Å². The Bertz CT molecular complexity index is 1120. The molecule has 6 atom stereocenters. The standard InChI is InChI=1S/C46H85O12P/c1-3-5-7-9-11-13-15-17-18-19-20-21-22-24-26-28-30-32-34-36-55-37-39(38-56-59(53,54)58-46-44(51)42(49)41(48)43(50)45(46)52)57-40(47)35-33-31-29-27-25-23-16-14-12-10-8-6-4-2/h8,10,14,16,18-19,39,41-46,48-52H,3-7,9,11-13,15,17,20-38H2,1-2H3,(H,53,54)/b10-8-,16-14-,19-18-. The van der Waals surface area contributed by atoms with Crippen LogP contribution in [0.5, 0.6) is 0 Å². The van der Waals surface area contributed by atoms with Gasteiger partial charge >= 0.3 is 13.8 Å². The molecule has 1 rings (SSSR count). The summed E-state index contributed by atoms with van der Waals surface area (Å²) >= 11 is 0. The fraction of sp³-hybridized carbons (Fsp3) is 0.848. The van der Waals surface area contributed by atoms with Gasteiger partial charge in [-0.1, -0.05) is 153 Å². The van der Waals surface area contributed by atoms with E-state index in [0.717, 1.165) is 70.6 Å². The first-order valence-electron chi connectivity index (χ1n) is 23.3. The van der Waals surface area contributed by atoms with Crippen molar-refractivity contribution in [2.24, 2.45) is 0 Å². The maximum absolute atomic E-state index is 12.8. The van der Waals surface area contributed by atoms with Gasteiger partial charge in [0.25, 0.3) is 0 Å². The minimum absolute atomic E-state index is 0.0839. The van der Waals surface area contributed by atoms with E-state index in [2.05, 4.69) is 50.3 Å². The van der Waals surface area contributed by atoms with Crippen molar-refractivity contribution >= 4 is 13.8 Å². The average molecular weight is 861 g/mol. The molecule has 1 fully saturated rings. The molecule has 0 amide bonds. The summed E-state index contributed by atoms with van der Waals surface area (Å²) in [5, 5.41) is 50.2. The molecule has 59 heavy (non-hydrogen) atoms. The van der Waals surface area contributed by atoms with E-state index in [0.29, 0.717) is 13.0 Å². The number of unbranched alkanes of at least 4 members (excludes halogenated alkanes) is 21. The molecule has 1 aliphatic rings. The van der Waals surface area contributed by atoms with Gasteiger partial charge in [-0.2, -0.15) is 0 Å². The second-order valence-electron chi connectivity index (χ2n) is 16.2. The zero-order valence-electron chi connectivity index (χ0n) is 36.8. The number of rotatable bonds is 39. The maximum Gasteiger partial charge on any atom is 0.472 e. The first-order chi connectivity index (χ1) is 28.5. The number of aliphatic hydroxyl groups is 5. The van der Waals surface area contributed by atoms with E-state index in [1.54, 1.807) is 0 Å². The largest absolute Gasteiger partial charge is 0.472 e. The highest BCUT2D eigenvalue weighted by Gasteiger charge is 2.51. The molecule has 0 aromatic carbocycles. The molecular formula is C46H85O12P. The van der Waals surface area contributed by atoms with Crippen LogP contribution < -0.4 is 0 Å². The molecular weight excluding hydrogens is 775 g/mol. The Morgan fingerprint density at radius 3 is 1.51 bits per heavy atom. The van der Waals surface area contributed by atoms with Crippen molar-refractivity contribution in [3.63, 3.8) is 0 Å². The van der Waals surface area contributed by atoms with Crippen LogP contribution in [0.3, 0.4) is 0 Å². The molecule has 6 N–H and O–H groups in total. The lowest BCUT2D eigenvalue weighted by Gasteiger charge is -2.41. The lowest BCUT2D eigenvalue weighted by atomic mass is 9.85. The van der Waals surface area contributed by atoms with Crippen LogP contribution in [0.1, 0.15) is 187 Å². The van der Waals surface area contributed by atoms with Crippen molar-refractivity contribution in [2.75, 3.05) is 19.8 Å². The fourth-order valence-electron chi connectivity index (χ4n) is 6.98. The summed E-state index contributed by atoms with van der Waals surface area (Å²) < 4.78 is 34.2. The summed E-state index contributed by atoms with van der Waals surface area (Å²) in [6, 6.07) is 0. The van der Waals surface area contributed by atoms with E-state index in [1.807, 2.05) is 0 Å². The van der Waals surface area contributed by atoms with Crippen LogP contribution in [0.2, 0.25) is 0 Å². The van der Waals surface area contributed by atoms with Crippen LogP contribution >= 0.6 is 7.82 Å². The van der Waals surface area contributed by atoms with E-state index >= 15 is 0 Å². The zero-order valence-corrected chi connectivity index (χ0v) is 37.7. The Balaban J connectivity index is 2.38. The van der Waals surface area contributed by atoms with Gasteiger partial charge in [0.05, 0.1) is 13.2 Å². The van der Waals surface area contributed by atoms with Crippen LogP contribution in [-0.4, -0.2) is 98.9 Å². The molecule has 346 valence electrons. The molecule has 0 radical (unpaired) electrons. The van der Waals surface area contributed by atoms with Crippen molar-refractivity contribution in [1.29, 1.82) is 0 Å². The Kier molecular flexibility index (Phi) is 35.0. The summed E-state index contributed by atoms with van der Waals surface area (Å²) in [7, 11) is -5.02. The summed E-state index contributed by atoms with van der Waals surface area (Å²) in [4.78, 5) is 23.1. The predicted octanol–water partition coefficient (Wildman–Crippen LogP) is 9.48. The zero-order chi connectivity index (χ0) is 43.4. The molecule has 0 heterocycles. The van der Waals surface area contributed by atoms with Gasteiger partial charge in [0.2, 0.25) is 0 Å². The minimum atomic E-state index is -5.02. The van der Waals surface area contributed by atoms with Gasteiger partial charge in [-0.3, -0.25) is 13.8 Å². The second kappa shape index (κ2) is 37.1. The number of carbonyl (C=O) groups is 1. The van der Waals surface area contributed by atoms with Crippen LogP contribution in [-0.2, 0) is 27.9 Å². The quantitative estimate of drug-likeness (QED) is 0.0149. The Labute approximate surface area is 357 Å². The average Bonchev–Trinajstić information content (AvgIpc) is 3.22. The SMILES string of the molecule is CCC/C=C\C/C=C\CCCCCCCC(=O)OC(COCCCCCCCCCC/C=C\CCCCCCCCC)COP(=O)(O)OC1C(O)C(O)C(O)C(O)C1O. The highest BCUT2D eigenvalue weighted by Crippen LogP contribution is 2.47. The number of allylic oxidation sites excluding steroid dienone is 6. The summed E-state index contributed by atoms with van der Waals surface area (Å²) in [6.45, 7) is 4.17. The Morgan fingerprint density at radius 2 is 0.983 bits per heavy atom. The van der Waals surface area contributed by atoms with Gasteiger partial charge in [0.1, 0.15) is 42.7 Å². The third kappa shape index (κ3) is 29.5. The topological polar surface area (TPSA) is 192 Å². The first kappa shape index (κ1) is 55.6. The predicted molar refractivity (Wildman–Crippen MR) is 235 cm³/mol. The van der Waals surface area contributed by atoms with E-state index in [4.69, 9.17) is 18.5 Å². The lowest BCUT2D eigenvalue weighted by molar-refractivity contribution is -0.220. The molecule has 13 heteroatoms. The monoisotopic (exact) mass is 861 g/mol. The molecule has 0 aromatic rings. The molecule has 1 saturated carbocycles. The fourth-order valence-corrected chi connectivity index (χ4v) is 7.95. The minimum Gasteiger partial charge on any atom is -0.457 e.